The van der Waals surface area contributed by atoms with E-state index in [-0.39, 0.29) is 13.0 Å². The van der Waals surface area contributed by atoms with Crippen LogP contribution in [0.3, 0.4) is 0 Å². The molecule has 0 saturated carbocycles. The highest BCUT2D eigenvalue weighted by Crippen LogP contribution is 2.21. The number of alkyl halides is 3. The number of hydrogen-bond acceptors (Lipinski definition) is 2. The smallest absolute Gasteiger partial charge is 0.389 e. The van der Waals surface area contributed by atoms with E-state index in [1.165, 1.54) is 6.08 Å². The van der Waals surface area contributed by atoms with Crippen LogP contribution < -0.4 is 4.74 Å². The minimum atomic E-state index is -4.16. The van der Waals surface area contributed by atoms with Crippen molar-refractivity contribution in [1.82, 2.24) is 0 Å². The second-order valence-corrected chi connectivity index (χ2v) is 3.81. The molecule has 0 aliphatic rings. The molecule has 0 aromatic heterocycles. The molecule has 0 atom stereocenters. The minimum Gasteiger partial charge on any atom is -0.494 e. The third kappa shape index (κ3) is 7.13. The van der Waals surface area contributed by atoms with E-state index in [9.17, 15) is 18.0 Å². The van der Waals surface area contributed by atoms with Gasteiger partial charge in [-0.2, -0.15) is 13.2 Å². The van der Waals surface area contributed by atoms with Crippen LogP contribution in [0.1, 0.15) is 18.4 Å². The van der Waals surface area contributed by atoms with Crippen LogP contribution in [0.25, 0.3) is 6.08 Å². The summed E-state index contributed by atoms with van der Waals surface area (Å²) in [5.41, 5.74) is 0.671. The van der Waals surface area contributed by atoms with Gasteiger partial charge in [-0.1, -0.05) is 12.1 Å². The molecule has 0 heterocycles. The van der Waals surface area contributed by atoms with Gasteiger partial charge in [0.25, 0.3) is 0 Å². The first-order chi connectivity index (χ1) is 8.87. The second kappa shape index (κ2) is 6.82. The van der Waals surface area contributed by atoms with Gasteiger partial charge in [-0.25, -0.2) is 4.79 Å². The highest BCUT2D eigenvalue weighted by Gasteiger charge is 2.26. The van der Waals surface area contributed by atoms with E-state index in [4.69, 9.17) is 9.84 Å². The van der Waals surface area contributed by atoms with E-state index in [1.54, 1.807) is 24.3 Å². The quantitative estimate of drug-likeness (QED) is 0.638. The Bertz CT molecular complexity index is 435. The number of halogens is 3. The Morgan fingerprint density at radius 2 is 1.89 bits per heavy atom. The minimum absolute atomic E-state index is 0.0101. The fourth-order valence-electron chi connectivity index (χ4n) is 1.31. The molecule has 3 nitrogen and oxygen atoms in total. The number of carboxylic acids is 1. The molecule has 0 aliphatic carbocycles. The first-order valence-corrected chi connectivity index (χ1v) is 5.57. The summed E-state index contributed by atoms with van der Waals surface area (Å²) in [7, 11) is 0. The second-order valence-electron chi connectivity index (χ2n) is 3.81. The molecule has 0 spiro atoms. The van der Waals surface area contributed by atoms with Gasteiger partial charge in [0.05, 0.1) is 6.61 Å². The van der Waals surface area contributed by atoms with Crippen molar-refractivity contribution in [2.75, 3.05) is 6.61 Å². The molecule has 6 heteroatoms. The maximum atomic E-state index is 11.9. The Morgan fingerprint density at radius 1 is 1.26 bits per heavy atom. The van der Waals surface area contributed by atoms with E-state index in [0.29, 0.717) is 11.3 Å². The Hall–Kier alpha value is -1.98. The molecule has 0 amide bonds. The van der Waals surface area contributed by atoms with Crippen LogP contribution in [0, 0.1) is 0 Å². The molecule has 1 aromatic carbocycles. The average Bonchev–Trinajstić information content (AvgIpc) is 2.32. The average molecular weight is 274 g/mol. The summed E-state index contributed by atoms with van der Waals surface area (Å²) in [6, 6.07) is 6.40. The number of carboxylic acid groups (broad SMARTS) is 1. The van der Waals surface area contributed by atoms with Gasteiger partial charge in [0, 0.05) is 12.5 Å². The fraction of sp³-hybridized carbons (Fsp3) is 0.308. The lowest BCUT2D eigenvalue weighted by Crippen LogP contribution is -2.09. The molecule has 0 aliphatic heterocycles. The van der Waals surface area contributed by atoms with Crippen molar-refractivity contribution in [2.45, 2.75) is 19.0 Å². The predicted octanol–water partition coefficient (Wildman–Crippen LogP) is 3.51. The van der Waals surface area contributed by atoms with Crippen molar-refractivity contribution < 1.29 is 27.8 Å². The molecule has 1 rings (SSSR count). The van der Waals surface area contributed by atoms with Crippen LogP contribution in [0.2, 0.25) is 0 Å². The van der Waals surface area contributed by atoms with Gasteiger partial charge in [0.15, 0.2) is 0 Å². The Balaban J connectivity index is 2.38. The summed E-state index contributed by atoms with van der Waals surface area (Å²) < 4.78 is 40.8. The lowest BCUT2D eigenvalue weighted by molar-refractivity contribution is -0.136. The van der Waals surface area contributed by atoms with Crippen LogP contribution in [-0.4, -0.2) is 23.9 Å². The summed E-state index contributed by atoms with van der Waals surface area (Å²) in [6.07, 6.45) is -2.71. The Labute approximate surface area is 108 Å². The number of carbonyl (C=O) groups is 1. The molecule has 0 saturated heterocycles. The summed E-state index contributed by atoms with van der Waals surface area (Å²) in [5.74, 6) is -0.595. The van der Waals surface area contributed by atoms with Crippen molar-refractivity contribution in [3.63, 3.8) is 0 Å². The molecule has 1 N–H and O–H groups in total. The van der Waals surface area contributed by atoms with E-state index < -0.39 is 18.6 Å². The van der Waals surface area contributed by atoms with Gasteiger partial charge < -0.3 is 9.84 Å². The highest BCUT2D eigenvalue weighted by atomic mass is 19.4. The molecule has 0 radical (unpaired) electrons. The number of aliphatic carboxylic acids is 1. The maximum Gasteiger partial charge on any atom is 0.389 e. The molecular weight excluding hydrogens is 261 g/mol. The summed E-state index contributed by atoms with van der Waals surface area (Å²) in [5, 5.41) is 8.43. The van der Waals surface area contributed by atoms with Crippen molar-refractivity contribution in [3.8, 4) is 5.75 Å². The Kier molecular flexibility index (Phi) is 5.41. The molecule has 1 aromatic rings. The number of rotatable bonds is 6. The summed E-state index contributed by atoms with van der Waals surface area (Å²) in [6.45, 7) is -0.0101. The predicted molar refractivity (Wildman–Crippen MR) is 63.9 cm³/mol. The maximum absolute atomic E-state index is 11.9. The van der Waals surface area contributed by atoms with Gasteiger partial charge in [0.2, 0.25) is 0 Å². The third-order valence-electron chi connectivity index (χ3n) is 2.17. The van der Waals surface area contributed by atoms with Gasteiger partial charge in [0.1, 0.15) is 5.75 Å². The lowest BCUT2D eigenvalue weighted by atomic mass is 10.2. The molecule has 104 valence electrons. The zero-order valence-corrected chi connectivity index (χ0v) is 9.98. The normalized spacial score (nSPS) is 11.7. The van der Waals surface area contributed by atoms with E-state index in [0.717, 1.165) is 6.08 Å². The Morgan fingerprint density at radius 3 is 2.42 bits per heavy atom. The van der Waals surface area contributed by atoms with Crippen molar-refractivity contribution in [2.24, 2.45) is 0 Å². The van der Waals surface area contributed by atoms with Crippen molar-refractivity contribution in [1.29, 1.82) is 0 Å². The summed E-state index contributed by atoms with van der Waals surface area (Å²) >= 11 is 0. The van der Waals surface area contributed by atoms with Crippen LogP contribution >= 0.6 is 0 Å². The largest absolute Gasteiger partial charge is 0.494 e. The van der Waals surface area contributed by atoms with Gasteiger partial charge in [-0.3, -0.25) is 0 Å². The van der Waals surface area contributed by atoms with Crippen molar-refractivity contribution in [3.05, 3.63) is 35.9 Å². The van der Waals surface area contributed by atoms with Gasteiger partial charge >= 0.3 is 12.1 Å². The van der Waals surface area contributed by atoms with Gasteiger partial charge in [-0.05, 0) is 30.2 Å². The molecule has 0 unspecified atom stereocenters. The van der Waals surface area contributed by atoms with E-state index in [1.807, 2.05) is 0 Å². The number of hydrogen-bond donors (Lipinski definition) is 1. The number of ether oxygens (including phenoxy) is 1. The topological polar surface area (TPSA) is 46.5 Å². The molecule has 19 heavy (non-hydrogen) atoms. The van der Waals surface area contributed by atoms with Crippen LogP contribution in [0.5, 0.6) is 5.75 Å². The fourth-order valence-corrected chi connectivity index (χ4v) is 1.31. The zero-order valence-electron chi connectivity index (χ0n) is 9.98. The van der Waals surface area contributed by atoms with Crippen LogP contribution in [0.15, 0.2) is 30.3 Å². The first kappa shape index (κ1) is 15.1. The van der Waals surface area contributed by atoms with Crippen molar-refractivity contribution >= 4 is 12.0 Å². The molecule has 0 bridgehead atoms. The summed E-state index contributed by atoms with van der Waals surface area (Å²) in [4.78, 5) is 10.3. The van der Waals surface area contributed by atoms with E-state index >= 15 is 0 Å². The highest BCUT2D eigenvalue weighted by molar-refractivity contribution is 5.85. The monoisotopic (exact) mass is 274 g/mol. The molecular formula is C13H13F3O3. The van der Waals surface area contributed by atoms with Crippen LogP contribution in [-0.2, 0) is 4.79 Å². The first-order valence-electron chi connectivity index (χ1n) is 5.57. The lowest BCUT2D eigenvalue weighted by Gasteiger charge is -2.08. The standard InChI is InChI=1S/C13H13F3O3/c14-13(15,16)8-1-9-19-11-5-2-10(3-6-11)4-7-12(17)18/h2-7H,1,8-9H2,(H,17,18)/b7-4+. The third-order valence-corrected chi connectivity index (χ3v) is 2.17. The number of benzene rings is 1. The zero-order chi connectivity index (χ0) is 14.3. The molecule has 0 fully saturated rings. The van der Waals surface area contributed by atoms with E-state index in [2.05, 4.69) is 0 Å². The SMILES string of the molecule is O=C(O)/C=C/c1ccc(OCCCC(F)(F)F)cc1. The van der Waals surface area contributed by atoms with Crippen LogP contribution in [0.4, 0.5) is 13.2 Å². The van der Waals surface area contributed by atoms with Gasteiger partial charge in [-0.15, -0.1) is 0 Å².